The molecular weight excluding hydrogens is 208 g/mol. The summed E-state index contributed by atoms with van der Waals surface area (Å²) >= 11 is 1.42. The van der Waals surface area contributed by atoms with E-state index in [2.05, 4.69) is 0 Å². The number of thioether (sulfide) groups is 1. The number of hydrogen-bond acceptors (Lipinski definition) is 3. The van der Waals surface area contributed by atoms with E-state index in [0.29, 0.717) is 5.25 Å². The molecule has 2 aliphatic carbocycles. The van der Waals surface area contributed by atoms with E-state index in [0.717, 1.165) is 18.3 Å². The Balaban J connectivity index is 1.84. The minimum Gasteiger partial charge on any atom is -0.285 e. The third kappa shape index (κ3) is 2.39. The molecule has 2 aliphatic rings. The second kappa shape index (κ2) is 3.44. The fourth-order valence-electron chi connectivity index (χ4n) is 2.56. The van der Waals surface area contributed by atoms with E-state index in [4.69, 9.17) is 4.55 Å². The normalized spacial score (nSPS) is 38.4. The third-order valence-electron chi connectivity index (χ3n) is 3.10. The predicted octanol–water partition coefficient (Wildman–Crippen LogP) is 1.75. The van der Waals surface area contributed by atoms with Crippen molar-refractivity contribution in [3.63, 3.8) is 0 Å². The molecule has 3 nitrogen and oxygen atoms in total. The van der Waals surface area contributed by atoms with Crippen LogP contribution in [0.25, 0.3) is 0 Å². The monoisotopic (exact) mass is 222 g/mol. The van der Waals surface area contributed by atoms with Crippen molar-refractivity contribution in [2.24, 2.45) is 11.8 Å². The van der Waals surface area contributed by atoms with Gasteiger partial charge < -0.3 is 0 Å². The van der Waals surface area contributed by atoms with Crippen molar-refractivity contribution in [2.75, 3.05) is 5.08 Å². The van der Waals surface area contributed by atoms with Crippen LogP contribution < -0.4 is 0 Å². The molecule has 5 heteroatoms. The number of fused-ring (bicyclic) bond motifs is 2. The highest BCUT2D eigenvalue weighted by molar-refractivity contribution is 8.11. The van der Waals surface area contributed by atoms with Gasteiger partial charge in [-0.05, 0) is 31.1 Å². The van der Waals surface area contributed by atoms with E-state index in [1.54, 1.807) is 0 Å². The molecule has 0 spiro atoms. The fraction of sp³-hybridized carbons (Fsp3) is 1.00. The van der Waals surface area contributed by atoms with E-state index < -0.39 is 10.1 Å². The van der Waals surface area contributed by atoms with Crippen molar-refractivity contribution in [1.82, 2.24) is 0 Å². The Kier molecular flexibility index (Phi) is 2.59. The zero-order valence-corrected chi connectivity index (χ0v) is 8.98. The molecule has 0 heterocycles. The summed E-state index contributed by atoms with van der Waals surface area (Å²) < 4.78 is 29.7. The SMILES string of the molecule is O=S(=O)(O)CSC1CC2CCC1C2. The average Bonchev–Trinajstić information content (AvgIpc) is 2.58. The Morgan fingerprint density at radius 3 is 2.54 bits per heavy atom. The quantitative estimate of drug-likeness (QED) is 0.739. The van der Waals surface area contributed by atoms with Crippen LogP contribution in [-0.4, -0.2) is 23.3 Å². The minimum absolute atomic E-state index is 0.124. The standard InChI is InChI=1S/C8H14O3S2/c9-13(10,11)5-12-8-4-6-1-2-7(8)3-6/h6-8H,1-5H2,(H,9,10,11). The first-order valence-electron chi connectivity index (χ1n) is 4.61. The predicted molar refractivity (Wildman–Crippen MR) is 53.2 cm³/mol. The first kappa shape index (κ1) is 9.80. The van der Waals surface area contributed by atoms with Crippen molar-refractivity contribution in [1.29, 1.82) is 0 Å². The van der Waals surface area contributed by atoms with Crippen LogP contribution >= 0.6 is 11.8 Å². The zero-order valence-electron chi connectivity index (χ0n) is 7.35. The van der Waals surface area contributed by atoms with Gasteiger partial charge >= 0.3 is 0 Å². The molecule has 2 rings (SSSR count). The molecule has 0 radical (unpaired) electrons. The van der Waals surface area contributed by atoms with Crippen LogP contribution in [0.4, 0.5) is 0 Å². The van der Waals surface area contributed by atoms with Crippen LogP contribution in [0.15, 0.2) is 0 Å². The summed E-state index contributed by atoms with van der Waals surface area (Å²) in [7, 11) is -3.77. The molecule has 1 N–H and O–H groups in total. The highest BCUT2D eigenvalue weighted by Crippen LogP contribution is 2.49. The van der Waals surface area contributed by atoms with E-state index in [-0.39, 0.29) is 5.08 Å². The first-order valence-corrected chi connectivity index (χ1v) is 7.27. The molecule has 0 aliphatic heterocycles. The van der Waals surface area contributed by atoms with Gasteiger partial charge in [0.2, 0.25) is 0 Å². The number of hydrogen-bond donors (Lipinski definition) is 1. The maximum absolute atomic E-state index is 10.5. The van der Waals surface area contributed by atoms with E-state index in [9.17, 15) is 8.42 Å². The van der Waals surface area contributed by atoms with Gasteiger partial charge in [-0.2, -0.15) is 8.42 Å². The molecular formula is C8H14O3S2. The highest BCUT2D eigenvalue weighted by atomic mass is 32.3. The van der Waals surface area contributed by atoms with E-state index in [1.165, 1.54) is 31.0 Å². The van der Waals surface area contributed by atoms with Crippen LogP contribution in [0.5, 0.6) is 0 Å². The molecule has 0 saturated heterocycles. The Hall–Kier alpha value is 0.260. The minimum atomic E-state index is -3.77. The van der Waals surface area contributed by atoms with Gasteiger partial charge in [0, 0.05) is 5.25 Å². The molecule has 13 heavy (non-hydrogen) atoms. The molecule has 76 valence electrons. The highest BCUT2D eigenvalue weighted by Gasteiger charge is 2.39. The summed E-state index contributed by atoms with van der Waals surface area (Å²) in [5.41, 5.74) is 0. The summed E-state index contributed by atoms with van der Waals surface area (Å²) in [6.45, 7) is 0. The van der Waals surface area contributed by atoms with Gasteiger partial charge in [-0.15, -0.1) is 11.8 Å². The van der Waals surface area contributed by atoms with Gasteiger partial charge in [-0.3, -0.25) is 4.55 Å². The van der Waals surface area contributed by atoms with Crippen LogP contribution in [0, 0.1) is 11.8 Å². The van der Waals surface area contributed by atoms with Gasteiger partial charge in [0.05, 0.1) is 0 Å². The van der Waals surface area contributed by atoms with Gasteiger partial charge in [0.1, 0.15) is 5.08 Å². The van der Waals surface area contributed by atoms with Crippen molar-refractivity contribution in [2.45, 2.75) is 30.9 Å². The maximum atomic E-state index is 10.5. The van der Waals surface area contributed by atoms with Crippen LogP contribution in [0.1, 0.15) is 25.7 Å². The lowest BCUT2D eigenvalue weighted by Crippen LogP contribution is -2.15. The Labute approximate surface area is 83.0 Å². The third-order valence-corrected chi connectivity index (χ3v) is 5.85. The summed E-state index contributed by atoms with van der Waals surface area (Å²) in [4.78, 5) is 0. The molecule has 0 aromatic heterocycles. The lowest BCUT2D eigenvalue weighted by atomic mass is 10.0. The molecule has 0 aromatic rings. The summed E-state index contributed by atoms with van der Waals surface area (Å²) in [6, 6.07) is 0. The smallest absolute Gasteiger partial charge is 0.274 e. The zero-order chi connectivity index (χ0) is 9.47. The molecule has 0 aromatic carbocycles. The Morgan fingerprint density at radius 2 is 2.08 bits per heavy atom. The summed E-state index contributed by atoms with van der Waals surface area (Å²) in [5, 5.41) is 0.363. The topological polar surface area (TPSA) is 54.4 Å². The van der Waals surface area contributed by atoms with Gasteiger partial charge in [0.15, 0.2) is 0 Å². The molecule has 2 bridgehead atoms. The summed E-state index contributed by atoms with van der Waals surface area (Å²) in [5.74, 6) is 1.56. The number of rotatable bonds is 3. The van der Waals surface area contributed by atoms with Gasteiger partial charge in [-0.1, -0.05) is 6.42 Å². The van der Waals surface area contributed by atoms with Crippen molar-refractivity contribution < 1.29 is 13.0 Å². The largest absolute Gasteiger partial charge is 0.285 e. The van der Waals surface area contributed by atoms with Crippen molar-refractivity contribution >= 4 is 21.9 Å². The van der Waals surface area contributed by atoms with E-state index >= 15 is 0 Å². The van der Waals surface area contributed by atoms with Crippen LogP contribution in [0.2, 0.25) is 0 Å². The molecule has 3 unspecified atom stereocenters. The average molecular weight is 222 g/mol. The summed E-state index contributed by atoms with van der Waals surface area (Å²) in [6.07, 6.45) is 5.02. The maximum Gasteiger partial charge on any atom is 0.274 e. The van der Waals surface area contributed by atoms with Crippen LogP contribution in [-0.2, 0) is 10.1 Å². The second-order valence-electron chi connectivity index (χ2n) is 4.08. The van der Waals surface area contributed by atoms with E-state index in [1.807, 2.05) is 0 Å². The lowest BCUT2D eigenvalue weighted by Gasteiger charge is -2.19. The second-order valence-corrected chi connectivity index (χ2v) is 7.13. The first-order chi connectivity index (χ1) is 6.04. The van der Waals surface area contributed by atoms with Crippen molar-refractivity contribution in [3.8, 4) is 0 Å². The van der Waals surface area contributed by atoms with Crippen molar-refractivity contribution in [3.05, 3.63) is 0 Å². The van der Waals surface area contributed by atoms with Crippen LogP contribution in [0.3, 0.4) is 0 Å². The lowest BCUT2D eigenvalue weighted by molar-refractivity contribution is 0.485. The Bertz CT molecular complexity index is 286. The molecule has 3 atom stereocenters. The molecule has 2 fully saturated rings. The van der Waals surface area contributed by atoms with Gasteiger partial charge in [0.25, 0.3) is 10.1 Å². The Morgan fingerprint density at radius 1 is 1.31 bits per heavy atom. The van der Waals surface area contributed by atoms with Gasteiger partial charge in [-0.25, -0.2) is 0 Å². The fourth-order valence-corrected chi connectivity index (χ4v) is 4.88. The molecule has 0 amide bonds. The molecule has 2 saturated carbocycles.